The number of rotatable bonds is 4. The van der Waals surface area contributed by atoms with E-state index in [1.165, 1.54) is 0 Å². The van der Waals surface area contributed by atoms with E-state index in [1.807, 2.05) is 13.8 Å². The van der Waals surface area contributed by atoms with E-state index in [9.17, 15) is 5.11 Å². The summed E-state index contributed by atoms with van der Waals surface area (Å²) >= 11 is 0. The number of hydrogen-bond acceptors (Lipinski definition) is 2. The van der Waals surface area contributed by atoms with E-state index in [1.54, 1.807) is 0 Å². The molecule has 0 spiro atoms. The van der Waals surface area contributed by atoms with E-state index in [0.717, 1.165) is 19.3 Å². The first kappa shape index (κ1) is 8.92. The molecule has 2 heteroatoms. The predicted molar refractivity (Wildman–Crippen MR) is 39.2 cm³/mol. The number of aliphatic hydroxyl groups excluding tert-OH is 1. The largest absolute Gasteiger partial charge is 0.392 e. The molecule has 0 radical (unpaired) electrons. The third kappa shape index (κ3) is 3.49. The minimum atomic E-state index is -0.292. The molecular formula is C7H17NO. The van der Waals surface area contributed by atoms with Gasteiger partial charge in [0, 0.05) is 6.04 Å². The summed E-state index contributed by atoms with van der Waals surface area (Å²) < 4.78 is 0. The maximum atomic E-state index is 9.19. The van der Waals surface area contributed by atoms with Crippen molar-refractivity contribution in [1.29, 1.82) is 0 Å². The summed E-state index contributed by atoms with van der Waals surface area (Å²) in [6.07, 6.45) is 2.41. The molecule has 2 atom stereocenters. The normalized spacial score (nSPS) is 17.3. The van der Waals surface area contributed by atoms with Crippen LogP contribution in [0.25, 0.3) is 0 Å². The lowest BCUT2D eigenvalue weighted by molar-refractivity contribution is 0.132. The smallest absolute Gasteiger partial charge is 0.0690 e. The average Bonchev–Trinajstić information content (AvgIpc) is 1.87. The monoisotopic (exact) mass is 131 g/mol. The van der Waals surface area contributed by atoms with Crippen LogP contribution < -0.4 is 5.73 Å². The standard InChI is InChI=1S/C7H17NO/c1-3-5-7(9)6(8)4-2/h6-7,9H,3-5,8H2,1-2H3/t6-,7+/m1/s1. The van der Waals surface area contributed by atoms with Gasteiger partial charge in [-0.15, -0.1) is 0 Å². The van der Waals surface area contributed by atoms with Crippen molar-refractivity contribution in [3.05, 3.63) is 0 Å². The van der Waals surface area contributed by atoms with Crippen LogP contribution >= 0.6 is 0 Å². The molecule has 0 heterocycles. The lowest BCUT2D eigenvalue weighted by atomic mass is 10.1. The zero-order valence-electron chi connectivity index (χ0n) is 6.30. The van der Waals surface area contributed by atoms with Crippen molar-refractivity contribution in [2.75, 3.05) is 0 Å². The molecule has 0 aliphatic carbocycles. The number of nitrogens with two attached hydrogens (primary N) is 1. The van der Waals surface area contributed by atoms with Crippen LogP contribution in [0, 0.1) is 0 Å². The maximum Gasteiger partial charge on any atom is 0.0690 e. The van der Waals surface area contributed by atoms with Gasteiger partial charge in [0.1, 0.15) is 0 Å². The molecule has 9 heavy (non-hydrogen) atoms. The first-order chi connectivity index (χ1) is 4.22. The summed E-state index contributed by atoms with van der Waals surface area (Å²) in [5, 5.41) is 9.19. The molecule has 2 nitrogen and oxygen atoms in total. The fraction of sp³-hybridized carbons (Fsp3) is 1.00. The van der Waals surface area contributed by atoms with E-state index in [4.69, 9.17) is 5.73 Å². The lowest BCUT2D eigenvalue weighted by Crippen LogP contribution is -2.33. The second kappa shape index (κ2) is 4.77. The zero-order valence-corrected chi connectivity index (χ0v) is 6.30. The van der Waals surface area contributed by atoms with E-state index in [-0.39, 0.29) is 12.1 Å². The highest BCUT2D eigenvalue weighted by molar-refractivity contribution is 4.68. The quantitative estimate of drug-likeness (QED) is 0.595. The van der Waals surface area contributed by atoms with Gasteiger partial charge in [0.05, 0.1) is 6.10 Å². The molecule has 0 saturated heterocycles. The van der Waals surface area contributed by atoms with Gasteiger partial charge >= 0.3 is 0 Å². The second-order valence-electron chi connectivity index (χ2n) is 2.43. The Kier molecular flexibility index (Phi) is 4.72. The van der Waals surface area contributed by atoms with E-state index in [2.05, 4.69) is 0 Å². The zero-order chi connectivity index (χ0) is 7.28. The molecule has 0 fully saturated rings. The number of hydrogen-bond donors (Lipinski definition) is 2. The van der Waals surface area contributed by atoms with E-state index >= 15 is 0 Å². The highest BCUT2D eigenvalue weighted by atomic mass is 16.3. The Bertz CT molecular complexity index is 65.9. The molecule has 0 bridgehead atoms. The van der Waals surface area contributed by atoms with Crippen molar-refractivity contribution in [2.24, 2.45) is 5.73 Å². The summed E-state index contributed by atoms with van der Waals surface area (Å²) in [4.78, 5) is 0. The molecule has 0 rings (SSSR count). The van der Waals surface area contributed by atoms with Gasteiger partial charge in [0.2, 0.25) is 0 Å². The maximum absolute atomic E-state index is 9.19. The lowest BCUT2D eigenvalue weighted by Gasteiger charge is -2.15. The van der Waals surface area contributed by atoms with Crippen molar-refractivity contribution < 1.29 is 5.11 Å². The van der Waals surface area contributed by atoms with Crippen LogP contribution in [-0.2, 0) is 0 Å². The third-order valence-electron chi connectivity index (χ3n) is 1.55. The molecular weight excluding hydrogens is 114 g/mol. The van der Waals surface area contributed by atoms with Crippen LogP contribution in [0.3, 0.4) is 0 Å². The summed E-state index contributed by atoms with van der Waals surface area (Å²) in [5.74, 6) is 0. The van der Waals surface area contributed by atoms with E-state index in [0.29, 0.717) is 0 Å². The Morgan fingerprint density at radius 2 is 2.00 bits per heavy atom. The highest BCUT2D eigenvalue weighted by Crippen LogP contribution is 2.01. The van der Waals surface area contributed by atoms with Crippen molar-refractivity contribution in [3.8, 4) is 0 Å². The van der Waals surface area contributed by atoms with Crippen molar-refractivity contribution in [2.45, 2.75) is 45.3 Å². The SMILES string of the molecule is CCC[C@H](O)[C@H](N)CC. The third-order valence-corrected chi connectivity index (χ3v) is 1.55. The van der Waals surface area contributed by atoms with Gasteiger partial charge in [-0.2, -0.15) is 0 Å². The average molecular weight is 131 g/mol. The topological polar surface area (TPSA) is 46.2 Å². The second-order valence-corrected chi connectivity index (χ2v) is 2.43. The summed E-state index contributed by atoms with van der Waals surface area (Å²) in [7, 11) is 0. The van der Waals surface area contributed by atoms with Crippen molar-refractivity contribution in [3.63, 3.8) is 0 Å². The van der Waals surface area contributed by atoms with Crippen LogP contribution in [0.4, 0.5) is 0 Å². The Morgan fingerprint density at radius 3 is 2.33 bits per heavy atom. The minimum absolute atomic E-state index is 0.0232. The Balaban J connectivity index is 3.32. The van der Waals surface area contributed by atoms with Gasteiger partial charge in [-0.25, -0.2) is 0 Å². The molecule has 0 aromatic carbocycles. The molecule has 0 amide bonds. The molecule has 3 N–H and O–H groups in total. The molecule has 0 unspecified atom stereocenters. The minimum Gasteiger partial charge on any atom is -0.392 e. The fourth-order valence-electron chi connectivity index (χ4n) is 0.782. The number of aliphatic hydroxyl groups is 1. The van der Waals surface area contributed by atoms with Gasteiger partial charge in [0.15, 0.2) is 0 Å². The van der Waals surface area contributed by atoms with Crippen LogP contribution in [0.5, 0.6) is 0 Å². The van der Waals surface area contributed by atoms with E-state index < -0.39 is 0 Å². The Morgan fingerprint density at radius 1 is 1.44 bits per heavy atom. The van der Waals surface area contributed by atoms with Crippen LogP contribution in [-0.4, -0.2) is 17.3 Å². The van der Waals surface area contributed by atoms with Gasteiger partial charge in [-0.1, -0.05) is 20.3 Å². The molecule has 0 aromatic heterocycles. The Labute approximate surface area is 57.1 Å². The van der Waals surface area contributed by atoms with Crippen LogP contribution in [0.1, 0.15) is 33.1 Å². The first-order valence-electron chi connectivity index (χ1n) is 3.66. The highest BCUT2D eigenvalue weighted by Gasteiger charge is 2.09. The fourth-order valence-corrected chi connectivity index (χ4v) is 0.782. The summed E-state index contributed by atoms with van der Waals surface area (Å²) in [5.41, 5.74) is 5.55. The van der Waals surface area contributed by atoms with Gasteiger partial charge in [-0.3, -0.25) is 0 Å². The first-order valence-corrected chi connectivity index (χ1v) is 3.66. The van der Waals surface area contributed by atoms with Gasteiger partial charge in [-0.05, 0) is 12.8 Å². The molecule has 0 saturated carbocycles. The molecule has 0 aromatic rings. The van der Waals surface area contributed by atoms with Gasteiger partial charge < -0.3 is 10.8 Å². The van der Waals surface area contributed by atoms with Crippen molar-refractivity contribution in [1.82, 2.24) is 0 Å². The predicted octanol–water partition coefficient (Wildman–Crippen LogP) is 0.885. The van der Waals surface area contributed by atoms with Crippen LogP contribution in [0.15, 0.2) is 0 Å². The van der Waals surface area contributed by atoms with Crippen molar-refractivity contribution >= 4 is 0 Å². The molecule has 0 aliphatic heterocycles. The summed E-state index contributed by atoms with van der Waals surface area (Å²) in [6.45, 7) is 4.04. The molecule has 0 aliphatic rings. The Hall–Kier alpha value is -0.0800. The molecule has 56 valence electrons. The van der Waals surface area contributed by atoms with Gasteiger partial charge in [0.25, 0.3) is 0 Å². The van der Waals surface area contributed by atoms with Crippen LogP contribution in [0.2, 0.25) is 0 Å². The summed E-state index contributed by atoms with van der Waals surface area (Å²) in [6, 6.07) is -0.0232.